The summed E-state index contributed by atoms with van der Waals surface area (Å²) in [6, 6.07) is 3.51. The van der Waals surface area contributed by atoms with Crippen LogP contribution >= 0.6 is 11.8 Å². The summed E-state index contributed by atoms with van der Waals surface area (Å²) in [6.45, 7) is 0. The van der Waals surface area contributed by atoms with Gasteiger partial charge < -0.3 is 0 Å². The van der Waals surface area contributed by atoms with Crippen molar-refractivity contribution in [2.45, 2.75) is 5.25 Å². The average molecular weight is 150 g/mol. The molecular weight excluding hydrogens is 148 g/mol. The van der Waals surface area contributed by atoms with Crippen molar-refractivity contribution in [1.82, 2.24) is 0 Å². The van der Waals surface area contributed by atoms with Gasteiger partial charge in [-0.2, -0.15) is 10.5 Å². The normalized spacial score (nSPS) is 23.2. The summed E-state index contributed by atoms with van der Waals surface area (Å²) >= 11 is 1.09. The van der Waals surface area contributed by atoms with Gasteiger partial charge in [0, 0.05) is 0 Å². The van der Waals surface area contributed by atoms with Crippen molar-refractivity contribution in [3.8, 4) is 12.1 Å². The zero-order valence-corrected chi connectivity index (χ0v) is 5.68. The fraction of sp³-hybridized carbons (Fsp3) is 0.167. The van der Waals surface area contributed by atoms with Crippen LogP contribution in [0.5, 0.6) is 0 Å². The van der Waals surface area contributed by atoms with E-state index in [-0.39, 0.29) is 11.4 Å². The molecule has 1 rings (SSSR count). The zero-order valence-electron chi connectivity index (χ0n) is 4.87. The predicted molar refractivity (Wildman–Crippen MR) is 35.7 cm³/mol. The Morgan fingerprint density at radius 2 is 2.30 bits per heavy atom. The number of carbonyl (C=O) groups excluding carboxylic acids is 1. The highest BCUT2D eigenvalue weighted by atomic mass is 32.2. The number of allylic oxidation sites excluding steroid dienone is 1. The number of rotatable bonds is 0. The first-order chi connectivity index (χ1) is 4.79. The number of nitriles is 2. The van der Waals surface area contributed by atoms with Crippen LogP contribution in [-0.2, 0) is 4.79 Å². The summed E-state index contributed by atoms with van der Waals surface area (Å²) in [7, 11) is 0. The molecule has 0 aromatic rings. The van der Waals surface area contributed by atoms with E-state index >= 15 is 0 Å². The molecule has 1 aliphatic rings. The van der Waals surface area contributed by atoms with E-state index in [2.05, 4.69) is 0 Å². The zero-order chi connectivity index (χ0) is 7.56. The Labute approximate surface area is 61.9 Å². The van der Waals surface area contributed by atoms with Crippen LogP contribution < -0.4 is 0 Å². The van der Waals surface area contributed by atoms with Gasteiger partial charge in [-0.25, -0.2) is 0 Å². The van der Waals surface area contributed by atoms with Crippen LogP contribution in [0.25, 0.3) is 0 Å². The number of thioether (sulfide) groups is 1. The van der Waals surface area contributed by atoms with E-state index in [0.29, 0.717) is 0 Å². The highest BCUT2D eigenvalue weighted by Gasteiger charge is 2.27. The van der Waals surface area contributed by atoms with Crippen molar-refractivity contribution in [2.75, 3.05) is 0 Å². The third-order valence-corrected chi connectivity index (χ3v) is 2.03. The van der Waals surface area contributed by atoms with Crippen molar-refractivity contribution >= 4 is 17.5 Å². The molecule has 1 unspecified atom stereocenters. The third kappa shape index (κ3) is 0.896. The molecule has 0 saturated heterocycles. The highest BCUT2D eigenvalue weighted by Crippen LogP contribution is 2.25. The van der Waals surface area contributed by atoms with Crippen molar-refractivity contribution < 1.29 is 4.79 Å². The van der Waals surface area contributed by atoms with Gasteiger partial charge in [0.15, 0.2) is 5.25 Å². The molecule has 0 radical (unpaired) electrons. The molecule has 0 bridgehead atoms. The molecule has 0 spiro atoms. The molecule has 0 fully saturated rings. The van der Waals surface area contributed by atoms with E-state index in [0.717, 1.165) is 11.8 Å². The van der Waals surface area contributed by atoms with Gasteiger partial charge in [0.05, 0.1) is 6.07 Å². The number of hydrogen-bond acceptors (Lipinski definition) is 4. The Balaban J connectivity index is 2.84. The average Bonchev–Trinajstić information content (AvgIpc) is 2.30. The van der Waals surface area contributed by atoms with Crippen molar-refractivity contribution in [3.63, 3.8) is 0 Å². The van der Waals surface area contributed by atoms with E-state index < -0.39 is 5.25 Å². The minimum absolute atomic E-state index is 0.0940. The summed E-state index contributed by atoms with van der Waals surface area (Å²) in [4.78, 5) is 10.8. The van der Waals surface area contributed by atoms with Gasteiger partial charge in [-0.1, -0.05) is 0 Å². The van der Waals surface area contributed by atoms with Gasteiger partial charge in [0.25, 0.3) is 0 Å². The standard InChI is InChI=1S/C6H2N2OS/c7-1-4-3-10-5(2-8)6(4)9/h3,5H. The van der Waals surface area contributed by atoms with Gasteiger partial charge >= 0.3 is 0 Å². The van der Waals surface area contributed by atoms with Crippen LogP contribution in [0.15, 0.2) is 11.0 Å². The van der Waals surface area contributed by atoms with Gasteiger partial charge in [-0.15, -0.1) is 11.8 Å². The van der Waals surface area contributed by atoms with Crippen LogP contribution in [0.3, 0.4) is 0 Å². The molecule has 1 atom stereocenters. The Morgan fingerprint density at radius 3 is 2.60 bits per heavy atom. The summed E-state index contributed by atoms with van der Waals surface area (Å²) in [5.41, 5.74) is 0.0940. The van der Waals surface area contributed by atoms with Gasteiger partial charge in [0.1, 0.15) is 11.6 Å². The molecule has 1 heterocycles. The first-order valence-electron chi connectivity index (χ1n) is 2.49. The first-order valence-corrected chi connectivity index (χ1v) is 3.43. The molecule has 0 aromatic carbocycles. The first kappa shape index (κ1) is 6.85. The molecule has 0 saturated carbocycles. The quantitative estimate of drug-likeness (QED) is 0.507. The molecule has 0 aromatic heterocycles. The van der Waals surface area contributed by atoms with Crippen molar-refractivity contribution in [2.24, 2.45) is 0 Å². The van der Waals surface area contributed by atoms with E-state index in [4.69, 9.17) is 10.5 Å². The number of nitrogens with zero attached hydrogens (tertiary/aromatic N) is 2. The Bertz CT molecular complexity index is 281. The molecule has 48 valence electrons. The monoisotopic (exact) mass is 150 g/mol. The highest BCUT2D eigenvalue weighted by molar-refractivity contribution is 8.04. The maximum absolute atomic E-state index is 10.8. The van der Waals surface area contributed by atoms with Gasteiger partial charge in [-0.05, 0) is 5.41 Å². The van der Waals surface area contributed by atoms with E-state index in [1.807, 2.05) is 0 Å². The van der Waals surface area contributed by atoms with Gasteiger partial charge in [0.2, 0.25) is 5.78 Å². The SMILES string of the molecule is N#CC1=CSC(C#N)C1=O. The van der Waals surface area contributed by atoms with Crippen LogP contribution in [0.1, 0.15) is 0 Å². The second-order valence-electron chi connectivity index (χ2n) is 1.65. The van der Waals surface area contributed by atoms with Crippen LogP contribution in [0.4, 0.5) is 0 Å². The van der Waals surface area contributed by atoms with Gasteiger partial charge in [-0.3, -0.25) is 4.79 Å². The lowest BCUT2D eigenvalue weighted by atomic mass is 10.2. The largest absolute Gasteiger partial charge is 0.291 e. The van der Waals surface area contributed by atoms with Crippen LogP contribution in [0, 0.1) is 22.7 Å². The maximum atomic E-state index is 10.8. The third-order valence-electron chi connectivity index (χ3n) is 1.06. The predicted octanol–water partition coefficient (Wildman–Crippen LogP) is 0.602. The van der Waals surface area contributed by atoms with E-state index in [9.17, 15) is 4.79 Å². The lowest BCUT2D eigenvalue weighted by Gasteiger charge is -1.89. The smallest absolute Gasteiger partial charge is 0.201 e. The molecule has 4 heteroatoms. The Hall–Kier alpha value is -1.26. The fourth-order valence-corrected chi connectivity index (χ4v) is 1.32. The summed E-state index contributed by atoms with van der Waals surface area (Å²) in [5, 5.41) is 17.3. The second-order valence-corrected chi connectivity index (χ2v) is 2.63. The molecule has 3 nitrogen and oxygen atoms in total. The molecule has 0 N–H and O–H groups in total. The summed E-state index contributed by atoms with van der Waals surface area (Å²) in [6.07, 6.45) is 0. The lowest BCUT2D eigenvalue weighted by Crippen LogP contribution is -2.10. The fourth-order valence-electron chi connectivity index (χ4n) is 0.568. The topological polar surface area (TPSA) is 64.7 Å². The number of Topliss-reactive ketones (excluding diaryl/α,β-unsaturated/α-hetero) is 1. The second kappa shape index (κ2) is 2.55. The van der Waals surface area contributed by atoms with Crippen molar-refractivity contribution in [1.29, 1.82) is 10.5 Å². The summed E-state index contributed by atoms with van der Waals surface area (Å²) < 4.78 is 0. The number of ketones is 1. The van der Waals surface area contributed by atoms with E-state index in [1.165, 1.54) is 5.41 Å². The van der Waals surface area contributed by atoms with E-state index in [1.54, 1.807) is 12.1 Å². The molecule has 10 heavy (non-hydrogen) atoms. The minimum Gasteiger partial charge on any atom is -0.291 e. The Kier molecular flexibility index (Phi) is 1.75. The molecule has 0 amide bonds. The molecule has 1 aliphatic heterocycles. The van der Waals surface area contributed by atoms with Crippen LogP contribution in [-0.4, -0.2) is 11.0 Å². The number of hydrogen-bond donors (Lipinski definition) is 0. The molecule has 0 aliphatic carbocycles. The summed E-state index contributed by atoms with van der Waals surface area (Å²) in [5.74, 6) is -0.366. The Morgan fingerprint density at radius 1 is 1.60 bits per heavy atom. The van der Waals surface area contributed by atoms with Crippen LogP contribution in [0.2, 0.25) is 0 Å². The lowest BCUT2D eigenvalue weighted by molar-refractivity contribution is -0.113. The maximum Gasteiger partial charge on any atom is 0.201 e. The minimum atomic E-state index is -0.686. The number of carbonyl (C=O) groups is 1. The molecular formula is C6H2N2OS. The van der Waals surface area contributed by atoms with Crippen molar-refractivity contribution in [3.05, 3.63) is 11.0 Å².